The number of nitrogens with zero attached hydrogens (tertiary/aromatic N) is 1. The molecule has 1 fully saturated rings. The van der Waals surface area contributed by atoms with Gasteiger partial charge in [-0.3, -0.25) is 9.69 Å². The van der Waals surface area contributed by atoms with Crippen LogP contribution in [0.15, 0.2) is 54.6 Å². The molecular weight excluding hydrogens is 324 g/mol. The number of amides is 1. The second-order valence-corrected chi connectivity index (χ2v) is 7.38. The fraction of sp³-hybridized carbons (Fsp3) is 0.409. The molecule has 0 atom stereocenters. The van der Waals surface area contributed by atoms with Gasteiger partial charge in [-0.05, 0) is 30.5 Å². The van der Waals surface area contributed by atoms with E-state index in [0.29, 0.717) is 6.54 Å². The van der Waals surface area contributed by atoms with E-state index in [1.807, 2.05) is 44.2 Å². The Morgan fingerprint density at radius 3 is 2.27 bits per heavy atom. The van der Waals surface area contributed by atoms with E-state index in [1.165, 1.54) is 5.56 Å². The number of morpholine rings is 1. The fourth-order valence-electron chi connectivity index (χ4n) is 3.17. The number of hydrogen-bond acceptors (Lipinski definition) is 3. The molecule has 4 heteroatoms. The van der Waals surface area contributed by atoms with Crippen molar-refractivity contribution in [1.29, 1.82) is 0 Å². The highest BCUT2D eigenvalue weighted by Gasteiger charge is 2.29. The highest BCUT2D eigenvalue weighted by Crippen LogP contribution is 2.23. The summed E-state index contributed by atoms with van der Waals surface area (Å²) in [7, 11) is 0. The van der Waals surface area contributed by atoms with Crippen LogP contribution in [-0.4, -0.2) is 37.1 Å². The maximum Gasteiger partial charge on any atom is 0.230 e. The second-order valence-electron chi connectivity index (χ2n) is 7.38. The van der Waals surface area contributed by atoms with Gasteiger partial charge < -0.3 is 10.1 Å². The predicted molar refractivity (Wildman–Crippen MR) is 104 cm³/mol. The van der Waals surface area contributed by atoms with Crippen molar-refractivity contribution < 1.29 is 9.53 Å². The van der Waals surface area contributed by atoms with E-state index >= 15 is 0 Å². The first-order valence-corrected chi connectivity index (χ1v) is 9.27. The summed E-state index contributed by atoms with van der Waals surface area (Å²) in [5, 5.41) is 3.07. The molecule has 0 spiro atoms. The molecule has 1 saturated heterocycles. The topological polar surface area (TPSA) is 41.6 Å². The maximum atomic E-state index is 12.6. The normalized spacial score (nSPS) is 15.6. The third kappa shape index (κ3) is 4.71. The average molecular weight is 352 g/mol. The van der Waals surface area contributed by atoms with E-state index in [9.17, 15) is 4.79 Å². The van der Waals surface area contributed by atoms with Gasteiger partial charge in [0.1, 0.15) is 0 Å². The molecule has 0 unspecified atom stereocenters. The quantitative estimate of drug-likeness (QED) is 0.868. The van der Waals surface area contributed by atoms with Gasteiger partial charge in [0.05, 0.1) is 18.6 Å². The molecule has 1 heterocycles. The molecule has 1 amide bonds. The number of carbonyl (C=O) groups excluding carboxylic acids is 1. The number of ether oxygens (including phenoxy) is 1. The van der Waals surface area contributed by atoms with Crippen LogP contribution in [0.4, 0.5) is 0 Å². The van der Waals surface area contributed by atoms with E-state index < -0.39 is 5.41 Å². The first-order chi connectivity index (χ1) is 12.6. The highest BCUT2D eigenvalue weighted by molar-refractivity contribution is 5.87. The fourth-order valence-corrected chi connectivity index (χ4v) is 3.17. The summed E-state index contributed by atoms with van der Waals surface area (Å²) in [6, 6.07) is 18.4. The first kappa shape index (κ1) is 18.6. The number of rotatable bonds is 6. The minimum atomic E-state index is -0.544. The van der Waals surface area contributed by atoms with Gasteiger partial charge in [0.25, 0.3) is 0 Å². The Morgan fingerprint density at radius 2 is 1.62 bits per heavy atom. The zero-order chi connectivity index (χ0) is 18.4. The molecule has 2 aromatic rings. The average Bonchev–Trinajstić information content (AvgIpc) is 2.68. The monoisotopic (exact) mass is 352 g/mol. The van der Waals surface area contributed by atoms with Crippen LogP contribution in [0.2, 0.25) is 0 Å². The summed E-state index contributed by atoms with van der Waals surface area (Å²) in [6.07, 6.45) is 0. The van der Waals surface area contributed by atoms with E-state index in [2.05, 4.69) is 34.5 Å². The SMILES string of the molecule is CC(C)(C(=O)NCc1ccc(CN2CCOCC2)cc1)c1ccccc1. The molecule has 0 saturated carbocycles. The third-order valence-electron chi connectivity index (χ3n) is 5.05. The van der Waals surface area contributed by atoms with Crippen molar-refractivity contribution in [3.05, 3.63) is 71.3 Å². The number of nitrogens with one attached hydrogen (secondary N) is 1. The molecule has 1 aliphatic heterocycles. The summed E-state index contributed by atoms with van der Waals surface area (Å²) in [5.74, 6) is 0.0427. The molecule has 4 nitrogen and oxygen atoms in total. The Kier molecular flexibility index (Phi) is 6.07. The molecule has 3 rings (SSSR count). The Labute approximate surface area is 156 Å². The van der Waals surface area contributed by atoms with Crippen molar-refractivity contribution in [1.82, 2.24) is 10.2 Å². The van der Waals surface area contributed by atoms with Crippen LogP contribution >= 0.6 is 0 Å². The lowest BCUT2D eigenvalue weighted by Crippen LogP contribution is -2.39. The van der Waals surface area contributed by atoms with E-state index in [-0.39, 0.29) is 5.91 Å². The standard InChI is InChI=1S/C22H28N2O2/c1-22(2,20-6-4-3-5-7-20)21(25)23-16-18-8-10-19(11-9-18)17-24-12-14-26-15-13-24/h3-11H,12-17H2,1-2H3,(H,23,25). The van der Waals surface area contributed by atoms with Crippen LogP contribution in [0.5, 0.6) is 0 Å². The zero-order valence-corrected chi connectivity index (χ0v) is 15.7. The van der Waals surface area contributed by atoms with Crippen LogP contribution in [0.3, 0.4) is 0 Å². The van der Waals surface area contributed by atoms with Crippen molar-refractivity contribution in [2.45, 2.75) is 32.4 Å². The first-order valence-electron chi connectivity index (χ1n) is 9.27. The highest BCUT2D eigenvalue weighted by atomic mass is 16.5. The van der Waals surface area contributed by atoms with Crippen molar-refractivity contribution >= 4 is 5.91 Å². The van der Waals surface area contributed by atoms with Gasteiger partial charge in [-0.25, -0.2) is 0 Å². The Hall–Kier alpha value is -2.17. The van der Waals surface area contributed by atoms with Crippen LogP contribution in [0, 0.1) is 0 Å². The molecule has 1 aliphatic rings. The molecule has 0 aliphatic carbocycles. The summed E-state index contributed by atoms with van der Waals surface area (Å²) < 4.78 is 5.39. The van der Waals surface area contributed by atoms with E-state index in [0.717, 1.165) is 44.0 Å². The second kappa shape index (κ2) is 8.47. The summed E-state index contributed by atoms with van der Waals surface area (Å²) in [5.41, 5.74) is 2.90. The maximum absolute atomic E-state index is 12.6. The Bertz CT molecular complexity index is 705. The molecule has 1 N–H and O–H groups in total. The van der Waals surface area contributed by atoms with Crippen molar-refractivity contribution in [3.63, 3.8) is 0 Å². The summed E-state index contributed by atoms with van der Waals surface area (Å²) >= 11 is 0. The lowest BCUT2D eigenvalue weighted by atomic mass is 9.84. The van der Waals surface area contributed by atoms with Crippen LogP contribution in [0.25, 0.3) is 0 Å². The van der Waals surface area contributed by atoms with Gasteiger partial charge >= 0.3 is 0 Å². The minimum absolute atomic E-state index is 0.0427. The van der Waals surface area contributed by atoms with Crippen molar-refractivity contribution in [2.24, 2.45) is 0 Å². The molecule has 0 radical (unpaired) electrons. The van der Waals surface area contributed by atoms with Gasteiger partial charge in [0.15, 0.2) is 0 Å². The van der Waals surface area contributed by atoms with E-state index in [1.54, 1.807) is 0 Å². The van der Waals surface area contributed by atoms with Crippen LogP contribution < -0.4 is 5.32 Å². The molecule has 26 heavy (non-hydrogen) atoms. The van der Waals surface area contributed by atoms with Crippen molar-refractivity contribution in [2.75, 3.05) is 26.3 Å². The molecule has 138 valence electrons. The Morgan fingerprint density at radius 1 is 1.00 bits per heavy atom. The zero-order valence-electron chi connectivity index (χ0n) is 15.7. The lowest BCUT2D eigenvalue weighted by molar-refractivity contribution is -0.125. The largest absolute Gasteiger partial charge is 0.379 e. The van der Waals surface area contributed by atoms with Crippen LogP contribution in [0.1, 0.15) is 30.5 Å². The summed E-state index contributed by atoms with van der Waals surface area (Å²) in [4.78, 5) is 15.0. The third-order valence-corrected chi connectivity index (χ3v) is 5.05. The number of benzene rings is 2. The van der Waals surface area contributed by atoms with Gasteiger partial charge in [0.2, 0.25) is 5.91 Å². The van der Waals surface area contributed by atoms with Crippen LogP contribution in [-0.2, 0) is 28.0 Å². The number of hydrogen-bond donors (Lipinski definition) is 1. The number of carbonyl (C=O) groups is 1. The van der Waals surface area contributed by atoms with Gasteiger partial charge in [-0.1, -0.05) is 54.6 Å². The smallest absolute Gasteiger partial charge is 0.230 e. The van der Waals surface area contributed by atoms with Gasteiger partial charge in [0, 0.05) is 26.2 Å². The Balaban J connectivity index is 1.53. The molecular formula is C22H28N2O2. The predicted octanol–water partition coefficient (Wildman–Crippen LogP) is 3.11. The van der Waals surface area contributed by atoms with Gasteiger partial charge in [-0.2, -0.15) is 0 Å². The molecule has 0 bridgehead atoms. The van der Waals surface area contributed by atoms with E-state index in [4.69, 9.17) is 4.74 Å². The minimum Gasteiger partial charge on any atom is -0.379 e. The molecule has 2 aromatic carbocycles. The summed E-state index contributed by atoms with van der Waals surface area (Å²) in [6.45, 7) is 9.05. The van der Waals surface area contributed by atoms with Gasteiger partial charge in [-0.15, -0.1) is 0 Å². The lowest BCUT2D eigenvalue weighted by Gasteiger charge is -2.26. The molecule has 0 aromatic heterocycles. The van der Waals surface area contributed by atoms with Crippen molar-refractivity contribution in [3.8, 4) is 0 Å².